The van der Waals surface area contributed by atoms with Gasteiger partial charge in [0.1, 0.15) is 0 Å². The number of aromatic nitrogens is 2. The van der Waals surface area contributed by atoms with Crippen LogP contribution in [0.4, 0.5) is 0 Å². The zero-order chi connectivity index (χ0) is 17.4. The van der Waals surface area contributed by atoms with Crippen LogP contribution in [0.3, 0.4) is 0 Å². The molecule has 2 bridgehead atoms. The van der Waals surface area contributed by atoms with E-state index in [1.54, 1.807) is 6.20 Å². The summed E-state index contributed by atoms with van der Waals surface area (Å²) in [6, 6.07) is 7.96. The van der Waals surface area contributed by atoms with Crippen molar-refractivity contribution in [2.75, 3.05) is 0 Å². The topological polar surface area (TPSA) is 83.8 Å². The van der Waals surface area contributed by atoms with Crippen LogP contribution < -0.4 is 11.1 Å². The lowest BCUT2D eigenvalue weighted by Crippen LogP contribution is -2.53. The number of benzene rings is 1. The Morgan fingerprint density at radius 2 is 1.96 bits per heavy atom. The van der Waals surface area contributed by atoms with E-state index in [4.69, 9.17) is 17.3 Å². The highest BCUT2D eigenvalue weighted by atomic mass is 35.5. The lowest BCUT2D eigenvalue weighted by atomic mass is 9.67. The molecule has 0 aliphatic heterocycles. The SMILES string of the molecule is NC1CC2CCCC(C1)C2NC(=O)c1cn[nH]c1-c1ccccc1Cl. The highest BCUT2D eigenvalue weighted by Crippen LogP contribution is 2.40. The third-order valence-electron chi connectivity index (χ3n) is 5.70. The van der Waals surface area contributed by atoms with Crippen molar-refractivity contribution in [2.45, 2.75) is 44.2 Å². The number of carbonyl (C=O) groups excluding carboxylic acids is 1. The van der Waals surface area contributed by atoms with Gasteiger partial charge in [-0.3, -0.25) is 9.89 Å². The van der Waals surface area contributed by atoms with Gasteiger partial charge in [0, 0.05) is 22.7 Å². The zero-order valence-corrected chi connectivity index (χ0v) is 14.8. The van der Waals surface area contributed by atoms with Crippen molar-refractivity contribution in [1.82, 2.24) is 15.5 Å². The summed E-state index contributed by atoms with van der Waals surface area (Å²) in [5.41, 5.74) is 8.19. The molecule has 6 heteroatoms. The van der Waals surface area contributed by atoms with Crippen molar-refractivity contribution in [2.24, 2.45) is 17.6 Å². The molecule has 0 spiro atoms. The number of hydrogen-bond acceptors (Lipinski definition) is 3. The fourth-order valence-electron chi connectivity index (χ4n) is 4.58. The van der Waals surface area contributed by atoms with Crippen LogP contribution in [-0.2, 0) is 0 Å². The van der Waals surface area contributed by atoms with E-state index < -0.39 is 0 Å². The number of fused-ring (bicyclic) bond motifs is 2. The minimum absolute atomic E-state index is 0.0824. The van der Waals surface area contributed by atoms with Gasteiger partial charge in [0.25, 0.3) is 5.91 Å². The van der Waals surface area contributed by atoms with Gasteiger partial charge in [-0.15, -0.1) is 0 Å². The first-order valence-electron chi connectivity index (χ1n) is 8.98. The molecule has 5 nitrogen and oxygen atoms in total. The lowest BCUT2D eigenvalue weighted by molar-refractivity contribution is 0.0756. The number of carbonyl (C=O) groups is 1. The molecule has 2 aromatic rings. The average Bonchev–Trinajstić information content (AvgIpc) is 3.05. The van der Waals surface area contributed by atoms with Gasteiger partial charge in [-0.1, -0.05) is 36.2 Å². The molecule has 2 saturated carbocycles. The molecule has 2 fully saturated rings. The van der Waals surface area contributed by atoms with Crippen LogP contribution in [0.1, 0.15) is 42.5 Å². The minimum atomic E-state index is -0.0824. The van der Waals surface area contributed by atoms with E-state index in [2.05, 4.69) is 15.5 Å². The van der Waals surface area contributed by atoms with Crippen molar-refractivity contribution < 1.29 is 4.79 Å². The van der Waals surface area contributed by atoms with Gasteiger partial charge < -0.3 is 11.1 Å². The van der Waals surface area contributed by atoms with Crippen LogP contribution in [0, 0.1) is 11.8 Å². The summed E-state index contributed by atoms with van der Waals surface area (Å²) in [4.78, 5) is 12.9. The highest BCUT2D eigenvalue weighted by Gasteiger charge is 2.40. The molecule has 4 rings (SSSR count). The first-order valence-corrected chi connectivity index (χ1v) is 9.36. The third-order valence-corrected chi connectivity index (χ3v) is 6.03. The number of aromatic amines is 1. The second kappa shape index (κ2) is 6.81. The Balaban J connectivity index is 1.57. The second-order valence-corrected chi connectivity index (χ2v) is 7.73. The predicted molar refractivity (Wildman–Crippen MR) is 98.3 cm³/mol. The molecule has 2 unspecified atom stereocenters. The van der Waals surface area contributed by atoms with E-state index >= 15 is 0 Å². The largest absolute Gasteiger partial charge is 0.349 e. The molecule has 2 atom stereocenters. The molecule has 1 amide bonds. The Morgan fingerprint density at radius 3 is 2.68 bits per heavy atom. The molecule has 2 aliphatic rings. The highest BCUT2D eigenvalue weighted by molar-refractivity contribution is 6.33. The van der Waals surface area contributed by atoms with E-state index in [1.165, 1.54) is 6.42 Å². The molecule has 0 saturated heterocycles. The quantitative estimate of drug-likeness (QED) is 0.786. The molecular weight excluding hydrogens is 336 g/mol. The van der Waals surface area contributed by atoms with E-state index in [0.29, 0.717) is 28.1 Å². The Hall–Kier alpha value is -1.85. The normalized spacial score (nSPS) is 28.6. The second-order valence-electron chi connectivity index (χ2n) is 7.32. The number of halogens is 1. The number of nitrogens with two attached hydrogens (primary N) is 1. The minimum Gasteiger partial charge on any atom is -0.349 e. The summed E-state index contributed by atoms with van der Waals surface area (Å²) in [7, 11) is 0. The number of nitrogens with zero attached hydrogens (tertiary/aromatic N) is 1. The monoisotopic (exact) mass is 358 g/mol. The maximum Gasteiger partial charge on any atom is 0.255 e. The fraction of sp³-hybridized carbons (Fsp3) is 0.474. The number of H-pyrrole nitrogens is 1. The fourth-order valence-corrected chi connectivity index (χ4v) is 4.81. The van der Waals surface area contributed by atoms with E-state index in [9.17, 15) is 4.79 Å². The molecule has 0 radical (unpaired) electrons. The molecule has 1 aromatic carbocycles. The van der Waals surface area contributed by atoms with Crippen LogP contribution in [0.5, 0.6) is 0 Å². The third kappa shape index (κ3) is 3.18. The van der Waals surface area contributed by atoms with Crippen LogP contribution >= 0.6 is 11.6 Å². The summed E-state index contributed by atoms with van der Waals surface area (Å²) in [6.07, 6.45) is 7.13. The van der Waals surface area contributed by atoms with Crippen molar-refractivity contribution in [1.29, 1.82) is 0 Å². The van der Waals surface area contributed by atoms with Crippen molar-refractivity contribution in [3.8, 4) is 11.3 Å². The van der Waals surface area contributed by atoms with Crippen LogP contribution in [-0.4, -0.2) is 28.2 Å². The van der Waals surface area contributed by atoms with Crippen molar-refractivity contribution in [3.63, 3.8) is 0 Å². The Morgan fingerprint density at radius 1 is 1.24 bits per heavy atom. The molecule has 25 heavy (non-hydrogen) atoms. The zero-order valence-electron chi connectivity index (χ0n) is 14.0. The first kappa shape index (κ1) is 16.6. The molecule has 4 N–H and O–H groups in total. The number of rotatable bonds is 3. The van der Waals surface area contributed by atoms with E-state index in [0.717, 1.165) is 31.2 Å². The van der Waals surface area contributed by atoms with Gasteiger partial charge in [-0.2, -0.15) is 5.10 Å². The first-order chi connectivity index (χ1) is 12.1. The summed E-state index contributed by atoms with van der Waals surface area (Å²) in [5.74, 6) is 0.894. The van der Waals surface area contributed by atoms with Gasteiger partial charge in [-0.05, 0) is 43.6 Å². The molecular formula is C19H23ClN4O. The number of amides is 1. The van der Waals surface area contributed by atoms with Crippen LogP contribution in [0.2, 0.25) is 5.02 Å². The summed E-state index contributed by atoms with van der Waals surface area (Å²) in [5, 5.41) is 10.9. The molecule has 2 aliphatic carbocycles. The summed E-state index contributed by atoms with van der Waals surface area (Å²) in [6.45, 7) is 0. The lowest BCUT2D eigenvalue weighted by Gasteiger charge is -2.45. The van der Waals surface area contributed by atoms with Crippen LogP contribution in [0.15, 0.2) is 30.5 Å². The van der Waals surface area contributed by atoms with Crippen molar-refractivity contribution in [3.05, 3.63) is 41.0 Å². The summed E-state index contributed by atoms with van der Waals surface area (Å²) < 4.78 is 0. The predicted octanol–water partition coefficient (Wildman–Crippen LogP) is 3.37. The summed E-state index contributed by atoms with van der Waals surface area (Å²) >= 11 is 6.28. The molecule has 132 valence electrons. The Kier molecular flexibility index (Phi) is 4.52. The van der Waals surface area contributed by atoms with E-state index in [-0.39, 0.29) is 18.0 Å². The Labute approximate surface area is 152 Å². The Bertz CT molecular complexity index is 760. The van der Waals surface area contributed by atoms with Crippen LogP contribution in [0.25, 0.3) is 11.3 Å². The van der Waals surface area contributed by atoms with Crippen molar-refractivity contribution >= 4 is 17.5 Å². The number of hydrogen-bond donors (Lipinski definition) is 3. The van der Waals surface area contributed by atoms with Gasteiger partial charge in [0.15, 0.2) is 0 Å². The number of nitrogens with one attached hydrogen (secondary N) is 2. The average molecular weight is 359 g/mol. The van der Waals surface area contributed by atoms with E-state index in [1.807, 2.05) is 24.3 Å². The standard InChI is InChI=1S/C19H23ClN4O/c20-16-7-2-1-6-14(16)18-15(10-22-24-18)19(25)23-17-11-4-3-5-12(17)9-13(21)8-11/h1-2,6-7,10-13,17H,3-5,8-9,21H2,(H,22,24)(H,23,25). The molecule has 1 aromatic heterocycles. The maximum atomic E-state index is 12.9. The smallest absolute Gasteiger partial charge is 0.255 e. The van der Waals surface area contributed by atoms with Gasteiger partial charge >= 0.3 is 0 Å². The molecule has 1 heterocycles. The van der Waals surface area contributed by atoms with Gasteiger partial charge in [0.05, 0.1) is 17.5 Å². The van der Waals surface area contributed by atoms with Gasteiger partial charge in [-0.25, -0.2) is 0 Å². The van der Waals surface area contributed by atoms with Gasteiger partial charge in [0.2, 0.25) is 0 Å². The maximum absolute atomic E-state index is 12.9.